The zero-order valence-electron chi connectivity index (χ0n) is 15.2. The van der Waals surface area contributed by atoms with Crippen molar-refractivity contribution in [1.29, 1.82) is 0 Å². The van der Waals surface area contributed by atoms with Gasteiger partial charge in [-0.1, -0.05) is 11.6 Å². The van der Waals surface area contributed by atoms with Gasteiger partial charge < -0.3 is 4.74 Å². The maximum absolute atomic E-state index is 13.1. The second kappa shape index (κ2) is 7.72. The Kier molecular flexibility index (Phi) is 5.49. The normalized spacial score (nSPS) is 19.8. The molecule has 5 nitrogen and oxygen atoms in total. The molecule has 146 valence electrons. The summed E-state index contributed by atoms with van der Waals surface area (Å²) in [6.07, 6.45) is 2.80. The first-order chi connectivity index (χ1) is 13.0. The molecule has 2 aliphatic rings. The minimum absolute atomic E-state index is 0.150. The molecule has 0 N–H and O–H groups in total. The Morgan fingerprint density at radius 2 is 1.96 bits per heavy atom. The molecule has 0 spiro atoms. The van der Waals surface area contributed by atoms with Gasteiger partial charge in [0, 0.05) is 42.1 Å². The molecule has 27 heavy (non-hydrogen) atoms. The van der Waals surface area contributed by atoms with Crippen LogP contribution in [0.15, 0.2) is 34.5 Å². The van der Waals surface area contributed by atoms with E-state index in [0.717, 1.165) is 32.4 Å². The zero-order valence-corrected chi connectivity index (χ0v) is 17.6. The molecular weight excluding hydrogens is 404 g/mol. The Morgan fingerprint density at radius 3 is 2.70 bits per heavy atom. The summed E-state index contributed by atoms with van der Waals surface area (Å²) < 4.78 is 33.0. The first-order valence-electron chi connectivity index (χ1n) is 9.12. The summed E-state index contributed by atoms with van der Waals surface area (Å²) in [5.74, 6) is 0.336. The molecule has 0 amide bonds. The number of piperidine rings is 1. The number of thiophene rings is 1. The lowest BCUT2D eigenvalue weighted by molar-refractivity contribution is 0.127. The smallest absolute Gasteiger partial charge is 0.246 e. The van der Waals surface area contributed by atoms with Gasteiger partial charge in [-0.2, -0.15) is 4.31 Å². The van der Waals surface area contributed by atoms with Gasteiger partial charge in [-0.25, -0.2) is 8.42 Å². The Labute approximate surface area is 169 Å². The number of nitrogens with zero attached hydrogens (tertiary/aromatic N) is 2. The van der Waals surface area contributed by atoms with Gasteiger partial charge in [0.05, 0.1) is 7.11 Å². The highest BCUT2D eigenvalue weighted by Crippen LogP contribution is 2.33. The van der Waals surface area contributed by atoms with E-state index in [9.17, 15) is 8.42 Å². The van der Waals surface area contributed by atoms with Crippen LogP contribution in [-0.2, 0) is 23.0 Å². The Balaban J connectivity index is 1.45. The third-order valence-electron chi connectivity index (χ3n) is 5.52. The van der Waals surface area contributed by atoms with Crippen molar-refractivity contribution in [2.24, 2.45) is 0 Å². The molecule has 0 radical (unpaired) electrons. The van der Waals surface area contributed by atoms with Gasteiger partial charge in [0.2, 0.25) is 10.0 Å². The third kappa shape index (κ3) is 3.76. The number of fused-ring (bicyclic) bond motifs is 1. The average molecular weight is 427 g/mol. The van der Waals surface area contributed by atoms with Crippen molar-refractivity contribution in [3.8, 4) is 5.75 Å². The van der Waals surface area contributed by atoms with Crippen LogP contribution < -0.4 is 4.74 Å². The summed E-state index contributed by atoms with van der Waals surface area (Å²) in [4.78, 5) is 4.16. The van der Waals surface area contributed by atoms with Gasteiger partial charge in [-0.3, -0.25) is 4.90 Å². The van der Waals surface area contributed by atoms with Crippen molar-refractivity contribution in [3.63, 3.8) is 0 Å². The summed E-state index contributed by atoms with van der Waals surface area (Å²) in [5.41, 5.74) is 1.44. The van der Waals surface area contributed by atoms with Crippen molar-refractivity contribution in [2.45, 2.75) is 36.7 Å². The van der Waals surface area contributed by atoms with Crippen LogP contribution in [0.1, 0.15) is 23.3 Å². The fourth-order valence-electron chi connectivity index (χ4n) is 4.02. The molecule has 2 aliphatic heterocycles. The number of hydrogen-bond donors (Lipinski definition) is 0. The lowest BCUT2D eigenvalue weighted by Crippen LogP contribution is -2.47. The predicted molar refractivity (Wildman–Crippen MR) is 108 cm³/mol. The molecule has 0 aliphatic carbocycles. The van der Waals surface area contributed by atoms with E-state index in [-0.39, 0.29) is 4.90 Å². The minimum Gasteiger partial charge on any atom is -0.495 e. The van der Waals surface area contributed by atoms with Crippen LogP contribution in [0, 0.1) is 0 Å². The van der Waals surface area contributed by atoms with Crippen molar-refractivity contribution in [2.75, 3.05) is 26.7 Å². The second-order valence-electron chi connectivity index (χ2n) is 7.02. The maximum atomic E-state index is 13.1. The summed E-state index contributed by atoms with van der Waals surface area (Å²) in [6, 6.07) is 7.38. The molecule has 1 aromatic carbocycles. The number of ether oxygens (including phenoxy) is 1. The van der Waals surface area contributed by atoms with E-state index in [1.165, 1.54) is 23.6 Å². The molecule has 2 aromatic rings. The minimum atomic E-state index is -3.61. The molecular formula is C19H23ClN2O3S2. The molecule has 4 rings (SSSR count). The first kappa shape index (κ1) is 19.2. The van der Waals surface area contributed by atoms with Crippen molar-refractivity contribution in [3.05, 3.63) is 45.1 Å². The molecule has 8 heteroatoms. The van der Waals surface area contributed by atoms with E-state index < -0.39 is 10.0 Å². The van der Waals surface area contributed by atoms with E-state index in [2.05, 4.69) is 16.3 Å². The first-order valence-corrected chi connectivity index (χ1v) is 11.8. The highest BCUT2D eigenvalue weighted by atomic mass is 35.5. The zero-order chi connectivity index (χ0) is 19.0. The predicted octanol–water partition coefficient (Wildman–Crippen LogP) is 3.62. The van der Waals surface area contributed by atoms with E-state index in [0.29, 0.717) is 29.9 Å². The quantitative estimate of drug-likeness (QED) is 0.749. The van der Waals surface area contributed by atoms with Crippen molar-refractivity contribution >= 4 is 33.0 Å². The fourth-order valence-corrected chi connectivity index (χ4v) is 6.80. The van der Waals surface area contributed by atoms with Crippen LogP contribution in [-0.4, -0.2) is 50.4 Å². The Hall–Kier alpha value is -1.12. The average Bonchev–Trinajstić information content (AvgIpc) is 3.16. The second-order valence-corrected chi connectivity index (χ2v) is 10.4. The SMILES string of the molecule is COc1ccc(Cl)cc1S(=O)(=O)N1CCC(N2CCc3sccc3C2)CC1. The van der Waals surface area contributed by atoms with Gasteiger partial charge in [0.25, 0.3) is 0 Å². The summed E-state index contributed by atoms with van der Waals surface area (Å²) >= 11 is 7.87. The molecule has 1 saturated heterocycles. The number of sulfonamides is 1. The fraction of sp³-hybridized carbons (Fsp3) is 0.474. The van der Waals surface area contributed by atoms with Crippen LogP contribution in [0.4, 0.5) is 0 Å². The molecule has 0 atom stereocenters. The maximum Gasteiger partial charge on any atom is 0.246 e. The van der Waals surface area contributed by atoms with Gasteiger partial charge in [0.15, 0.2) is 0 Å². The number of benzene rings is 1. The van der Waals surface area contributed by atoms with Gasteiger partial charge in [-0.05, 0) is 54.5 Å². The molecule has 0 bridgehead atoms. The van der Waals surface area contributed by atoms with Gasteiger partial charge in [-0.15, -0.1) is 11.3 Å². The van der Waals surface area contributed by atoms with E-state index in [1.54, 1.807) is 16.4 Å². The number of halogens is 1. The highest BCUT2D eigenvalue weighted by molar-refractivity contribution is 7.89. The number of rotatable bonds is 4. The number of hydrogen-bond acceptors (Lipinski definition) is 5. The van der Waals surface area contributed by atoms with Crippen LogP contribution in [0.25, 0.3) is 0 Å². The monoisotopic (exact) mass is 426 g/mol. The summed E-state index contributed by atoms with van der Waals surface area (Å²) in [5, 5.41) is 2.56. The van der Waals surface area contributed by atoms with E-state index in [1.807, 2.05) is 11.3 Å². The largest absolute Gasteiger partial charge is 0.495 e. The highest BCUT2D eigenvalue weighted by Gasteiger charge is 2.34. The van der Waals surface area contributed by atoms with Crippen LogP contribution in [0.5, 0.6) is 5.75 Å². The van der Waals surface area contributed by atoms with Gasteiger partial charge in [0.1, 0.15) is 10.6 Å². The molecule has 1 fully saturated rings. The van der Waals surface area contributed by atoms with Crippen LogP contribution in [0.3, 0.4) is 0 Å². The lowest BCUT2D eigenvalue weighted by Gasteiger charge is -2.39. The standard InChI is InChI=1S/C19H23ClN2O3S2/c1-25-17-3-2-15(20)12-19(17)27(23,24)22-9-4-16(5-10-22)21-8-6-18-14(13-21)7-11-26-18/h2-3,7,11-12,16H,4-6,8-10,13H2,1H3. The Morgan fingerprint density at radius 1 is 1.19 bits per heavy atom. The molecule has 3 heterocycles. The Bertz CT molecular complexity index is 921. The molecule has 0 unspecified atom stereocenters. The van der Waals surface area contributed by atoms with E-state index in [4.69, 9.17) is 16.3 Å². The van der Waals surface area contributed by atoms with Crippen molar-refractivity contribution in [1.82, 2.24) is 9.21 Å². The summed E-state index contributed by atoms with van der Waals surface area (Å²) in [6.45, 7) is 3.09. The lowest BCUT2D eigenvalue weighted by atomic mass is 10.0. The summed E-state index contributed by atoms with van der Waals surface area (Å²) in [7, 11) is -2.14. The van der Waals surface area contributed by atoms with Gasteiger partial charge >= 0.3 is 0 Å². The number of methoxy groups -OCH3 is 1. The van der Waals surface area contributed by atoms with Crippen molar-refractivity contribution < 1.29 is 13.2 Å². The molecule has 1 aromatic heterocycles. The molecule has 0 saturated carbocycles. The van der Waals surface area contributed by atoms with Crippen LogP contribution in [0.2, 0.25) is 5.02 Å². The third-order valence-corrected chi connectivity index (χ3v) is 8.70. The van der Waals surface area contributed by atoms with E-state index >= 15 is 0 Å². The van der Waals surface area contributed by atoms with Crippen LogP contribution >= 0.6 is 22.9 Å². The topological polar surface area (TPSA) is 49.9 Å².